The molecular weight excluding hydrogens is 176 g/mol. The van der Waals surface area contributed by atoms with Gasteiger partial charge in [-0.1, -0.05) is 18.2 Å². The molecule has 1 aromatic carbocycles. The van der Waals surface area contributed by atoms with Gasteiger partial charge < -0.3 is 9.75 Å². The lowest BCUT2D eigenvalue weighted by Gasteiger charge is -2.16. The molecule has 0 radical (unpaired) electrons. The molecule has 0 saturated heterocycles. The van der Waals surface area contributed by atoms with Gasteiger partial charge in [0.15, 0.2) is 0 Å². The van der Waals surface area contributed by atoms with Crippen molar-refractivity contribution in [3.63, 3.8) is 0 Å². The van der Waals surface area contributed by atoms with E-state index in [2.05, 4.69) is 0 Å². The van der Waals surface area contributed by atoms with Crippen LogP contribution in [0, 0.1) is 0 Å². The highest BCUT2D eigenvalue weighted by atomic mass is 16.5. The molecule has 0 unspecified atom stereocenters. The summed E-state index contributed by atoms with van der Waals surface area (Å²) in [5.41, 5.74) is 0.993. The number of nitrogens with two attached hydrogens (primary N) is 1. The summed E-state index contributed by atoms with van der Waals surface area (Å²) in [5, 5.41) is 1.67. The zero-order chi connectivity index (χ0) is 10.4. The molecule has 0 amide bonds. The molecule has 0 aromatic heterocycles. The average Bonchev–Trinajstić information content (AvgIpc) is 2.26. The summed E-state index contributed by atoms with van der Waals surface area (Å²) >= 11 is 0. The monoisotopic (exact) mass is 192 g/mol. The fourth-order valence-electron chi connectivity index (χ4n) is 1.04. The SMILES string of the molecule is CO/C(C)=C\CN(N)c1ccccc1. The van der Waals surface area contributed by atoms with Crippen molar-refractivity contribution in [1.82, 2.24) is 0 Å². The van der Waals surface area contributed by atoms with Gasteiger partial charge in [0.1, 0.15) is 0 Å². The van der Waals surface area contributed by atoms with Gasteiger partial charge in [-0.25, -0.2) is 5.84 Å². The Hall–Kier alpha value is -1.48. The van der Waals surface area contributed by atoms with E-state index in [1.807, 2.05) is 43.3 Å². The van der Waals surface area contributed by atoms with E-state index in [1.165, 1.54) is 0 Å². The number of allylic oxidation sites excluding steroid dienone is 1. The summed E-state index contributed by atoms with van der Waals surface area (Å²) in [5.74, 6) is 6.70. The Morgan fingerprint density at radius 3 is 2.64 bits per heavy atom. The van der Waals surface area contributed by atoms with Crippen molar-refractivity contribution < 1.29 is 4.74 Å². The number of para-hydroxylation sites is 1. The average molecular weight is 192 g/mol. The van der Waals surface area contributed by atoms with Crippen molar-refractivity contribution in [2.75, 3.05) is 18.7 Å². The highest BCUT2D eigenvalue weighted by Crippen LogP contribution is 2.09. The fourth-order valence-corrected chi connectivity index (χ4v) is 1.04. The van der Waals surface area contributed by atoms with Crippen LogP contribution in [0.4, 0.5) is 5.69 Å². The van der Waals surface area contributed by atoms with Crippen LogP contribution in [-0.2, 0) is 4.74 Å². The third kappa shape index (κ3) is 3.11. The summed E-state index contributed by atoms with van der Waals surface area (Å²) in [7, 11) is 1.65. The van der Waals surface area contributed by atoms with E-state index in [4.69, 9.17) is 10.6 Å². The number of anilines is 1. The number of ether oxygens (including phenoxy) is 1. The van der Waals surface area contributed by atoms with Crippen LogP contribution < -0.4 is 10.9 Å². The fraction of sp³-hybridized carbons (Fsp3) is 0.273. The van der Waals surface area contributed by atoms with Gasteiger partial charge in [-0.3, -0.25) is 0 Å². The van der Waals surface area contributed by atoms with Gasteiger partial charge in [-0.05, 0) is 25.1 Å². The number of nitrogens with zero attached hydrogens (tertiary/aromatic N) is 1. The highest BCUT2D eigenvalue weighted by Gasteiger charge is 1.97. The van der Waals surface area contributed by atoms with Gasteiger partial charge in [0, 0.05) is 0 Å². The third-order valence-electron chi connectivity index (χ3n) is 1.99. The molecule has 0 heterocycles. The van der Waals surface area contributed by atoms with Gasteiger partial charge in [0.05, 0.1) is 25.1 Å². The third-order valence-corrected chi connectivity index (χ3v) is 1.99. The Balaban J connectivity index is 2.55. The summed E-state index contributed by atoms with van der Waals surface area (Å²) in [6.45, 7) is 2.54. The molecule has 1 rings (SSSR count). The van der Waals surface area contributed by atoms with Crippen molar-refractivity contribution in [3.8, 4) is 0 Å². The normalized spacial score (nSPS) is 11.2. The van der Waals surface area contributed by atoms with Crippen LogP contribution >= 0.6 is 0 Å². The van der Waals surface area contributed by atoms with Crippen LogP contribution in [0.2, 0.25) is 0 Å². The smallest absolute Gasteiger partial charge is 0.0903 e. The number of hydrogen-bond acceptors (Lipinski definition) is 3. The molecule has 3 nitrogen and oxygen atoms in total. The van der Waals surface area contributed by atoms with Crippen molar-refractivity contribution in [3.05, 3.63) is 42.2 Å². The van der Waals surface area contributed by atoms with Gasteiger partial charge >= 0.3 is 0 Å². The summed E-state index contributed by atoms with van der Waals surface area (Å²) in [6, 6.07) is 9.82. The zero-order valence-corrected chi connectivity index (χ0v) is 8.60. The lowest BCUT2D eigenvalue weighted by atomic mass is 10.3. The molecule has 0 fully saturated rings. The Morgan fingerprint density at radius 2 is 2.07 bits per heavy atom. The lowest BCUT2D eigenvalue weighted by molar-refractivity contribution is 0.292. The molecule has 2 N–H and O–H groups in total. The molecule has 0 aliphatic heterocycles. The lowest BCUT2D eigenvalue weighted by Crippen LogP contribution is -2.30. The highest BCUT2D eigenvalue weighted by molar-refractivity contribution is 5.44. The van der Waals surface area contributed by atoms with Crippen LogP contribution in [0.1, 0.15) is 6.92 Å². The maximum atomic E-state index is 5.83. The minimum Gasteiger partial charge on any atom is -0.502 e. The molecule has 0 aliphatic rings. The number of hydrazine groups is 1. The topological polar surface area (TPSA) is 38.5 Å². The number of methoxy groups -OCH3 is 1. The maximum absolute atomic E-state index is 5.83. The predicted molar refractivity (Wildman–Crippen MR) is 58.7 cm³/mol. The van der Waals surface area contributed by atoms with Crippen LogP contribution in [0.15, 0.2) is 42.2 Å². The van der Waals surface area contributed by atoms with E-state index in [9.17, 15) is 0 Å². The van der Waals surface area contributed by atoms with E-state index in [0.717, 1.165) is 11.4 Å². The Morgan fingerprint density at radius 1 is 1.43 bits per heavy atom. The van der Waals surface area contributed by atoms with Crippen molar-refractivity contribution >= 4 is 5.69 Å². The summed E-state index contributed by atoms with van der Waals surface area (Å²) in [6.07, 6.45) is 1.94. The van der Waals surface area contributed by atoms with Crippen LogP contribution in [0.3, 0.4) is 0 Å². The Labute approximate surface area is 84.7 Å². The van der Waals surface area contributed by atoms with Gasteiger partial charge in [-0.15, -0.1) is 0 Å². The van der Waals surface area contributed by atoms with Crippen molar-refractivity contribution in [1.29, 1.82) is 0 Å². The standard InChI is InChI=1S/C11H16N2O/c1-10(14-2)8-9-13(12)11-6-4-3-5-7-11/h3-8H,9,12H2,1-2H3/b10-8-. The molecule has 0 atom stereocenters. The predicted octanol–water partition coefficient (Wildman–Crippen LogP) is 1.92. The number of hydrogen-bond donors (Lipinski definition) is 1. The first-order valence-corrected chi connectivity index (χ1v) is 4.52. The molecule has 0 spiro atoms. The second kappa shape index (κ2) is 5.29. The van der Waals surface area contributed by atoms with Crippen LogP contribution in [0.25, 0.3) is 0 Å². The van der Waals surface area contributed by atoms with Crippen molar-refractivity contribution in [2.45, 2.75) is 6.92 Å². The van der Waals surface area contributed by atoms with Gasteiger partial charge in [0.25, 0.3) is 0 Å². The Kier molecular flexibility index (Phi) is 4.01. The van der Waals surface area contributed by atoms with Crippen LogP contribution in [-0.4, -0.2) is 13.7 Å². The molecule has 0 aliphatic carbocycles. The molecular formula is C11H16N2O. The molecule has 1 aromatic rings. The molecule has 3 heteroatoms. The second-order valence-corrected chi connectivity index (χ2v) is 3.01. The summed E-state index contributed by atoms with van der Waals surface area (Å²) < 4.78 is 5.02. The first-order valence-electron chi connectivity index (χ1n) is 4.52. The minimum atomic E-state index is 0.643. The van der Waals surface area contributed by atoms with E-state index < -0.39 is 0 Å². The van der Waals surface area contributed by atoms with E-state index in [0.29, 0.717) is 6.54 Å². The first kappa shape index (κ1) is 10.6. The van der Waals surface area contributed by atoms with Crippen LogP contribution in [0.5, 0.6) is 0 Å². The number of benzene rings is 1. The Bertz CT molecular complexity index is 295. The van der Waals surface area contributed by atoms with E-state index >= 15 is 0 Å². The summed E-state index contributed by atoms with van der Waals surface area (Å²) in [4.78, 5) is 0. The molecule has 76 valence electrons. The molecule has 0 saturated carbocycles. The van der Waals surface area contributed by atoms with E-state index in [1.54, 1.807) is 12.1 Å². The quantitative estimate of drug-likeness (QED) is 0.450. The molecule has 0 bridgehead atoms. The first-order chi connectivity index (χ1) is 6.74. The van der Waals surface area contributed by atoms with Crippen molar-refractivity contribution in [2.24, 2.45) is 5.84 Å². The zero-order valence-electron chi connectivity index (χ0n) is 8.60. The molecule has 14 heavy (non-hydrogen) atoms. The maximum Gasteiger partial charge on any atom is 0.0903 e. The van der Waals surface area contributed by atoms with E-state index in [-0.39, 0.29) is 0 Å². The van der Waals surface area contributed by atoms with Gasteiger partial charge in [0.2, 0.25) is 0 Å². The number of rotatable bonds is 4. The minimum absolute atomic E-state index is 0.643. The second-order valence-electron chi connectivity index (χ2n) is 3.01. The van der Waals surface area contributed by atoms with Gasteiger partial charge in [-0.2, -0.15) is 0 Å². The largest absolute Gasteiger partial charge is 0.502 e.